The van der Waals surface area contributed by atoms with Crippen LogP contribution in [-0.4, -0.2) is 46.2 Å². The number of rotatable bonds is 8. The highest BCUT2D eigenvalue weighted by Crippen LogP contribution is 2.37. The maximum Gasteiger partial charge on any atom is 0.245 e. The SMILES string of the molecule is Bc1cccc(C[C@@H]2CNC[C@H]2CN(C2CC2)S(=O)(=O)c2ccccc2N=O)c1. The summed E-state index contributed by atoms with van der Waals surface area (Å²) in [7, 11) is -1.67. The first-order chi connectivity index (χ1) is 14.0. The van der Waals surface area contributed by atoms with Gasteiger partial charge in [-0.05, 0) is 67.1 Å². The fourth-order valence-corrected chi connectivity index (χ4v) is 6.16. The van der Waals surface area contributed by atoms with E-state index in [-0.39, 0.29) is 22.5 Å². The molecule has 0 unspecified atom stereocenters. The molecule has 2 atom stereocenters. The van der Waals surface area contributed by atoms with Crippen molar-refractivity contribution >= 4 is 29.0 Å². The molecular weight excluding hydrogens is 385 g/mol. The van der Waals surface area contributed by atoms with E-state index >= 15 is 0 Å². The molecule has 1 heterocycles. The number of nitrogens with one attached hydrogen (secondary N) is 1. The molecule has 152 valence electrons. The van der Waals surface area contributed by atoms with E-state index in [1.807, 2.05) is 0 Å². The predicted octanol–water partition coefficient (Wildman–Crippen LogP) is 1.57. The molecule has 0 radical (unpaired) electrons. The molecular formula is C21H26BN3O3S. The largest absolute Gasteiger partial charge is 0.316 e. The van der Waals surface area contributed by atoms with Crippen LogP contribution in [0.5, 0.6) is 0 Å². The summed E-state index contributed by atoms with van der Waals surface area (Å²) in [5, 5.41) is 6.39. The summed E-state index contributed by atoms with van der Waals surface area (Å²) in [4.78, 5) is 11.2. The van der Waals surface area contributed by atoms with Gasteiger partial charge in [-0.1, -0.05) is 41.9 Å². The lowest BCUT2D eigenvalue weighted by molar-refractivity contribution is 0.300. The Hall–Kier alpha value is -2.03. The van der Waals surface area contributed by atoms with E-state index in [0.29, 0.717) is 12.5 Å². The summed E-state index contributed by atoms with van der Waals surface area (Å²) in [6, 6.07) is 14.8. The van der Waals surface area contributed by atoms with Crippen molar-refractivity contribution in [3.63, 3.8) is 0 Å². The molecule has 0 spiro atoms. The van der Waals surface area contributed by atoms with Gasteiger partial charge in [0, 0.05) is 12.6 Å². The Morgan fingerprint density at radius 3 is 2.55 bits per heavy atom. The monoisotopic (exact) mass is 411 g/mol. The fourth-order valence-electron chi connectivity index (χ4n) is 4.30. The van der Waals surface area contributed by atoms with Crippen LogP contribution in [0.25, 0.3) is 0 Å². The predicted molar refractivity (Wildman–Crippen MR) is 117 cm³/mol. The highest BCUT2D eigenvalue weighted by molar-refractivity contribution is 7.89. The summed E-state index contributed by atoms with van der Waals surface area (Å²) < 4.78 is 28.4. The number of hydrogen-bond acceptors (Lipinski definition) is 5. The normalized spacial score (nSPS) is 22.1. The van der Waals surface area contributed by atoms with Crippen molar-refractivity contribution in [2.45, 2.75) is 30.2 Å². The molecule has 1 aliphatic heterocycles. The summed E-state index contributed by atoms with van der Waals surface area (Å²) in [5.41, 5.74) is 2.52. The molecule has 0 aromatic heterocycles. The molecule has 1 saturated carbocycles. The Morgan fingerprint density at radius 2 is 1.83 bits per heavy atom. The molecule has 6 nitrogen and oxygen atoms in total. The average Bonchev–Trinajstić information content (AvgIpc) is 3.46. The lowest BCUT2D eigenvalue weighted by atomic mass is 9.87. The molecule has 0 amide bonds. The van der Waals surface area contributed by atoms with E-state index in [4.69, 9.17) is 0 Å². The first-order valence-corrected chi connectivity index (χ1v) is 11.6. The molecule has 8 heteroatoms. The highest BCUT2D eigenvalue weighted by atomic mass is 32.2. The van der Waals surface area contributed by atoms with Crippen LogP contribution in [0.3, 0.4) is 0 Å². The van der Waals surface area contributed by atoms with Gasteiger partial charge < -0.3 is 5.32 Å². The minimum atomic E-state index is -3.76. The first-order valence-electron chi connectivity index (χ1n) is 10.2. The van der Waals surface area contributed by atoms with Gasteiger partial charge in [0.05, 0.1) is 0 Å². The van der Waals surface area contributed by atoms with Gasteiger partial charge in [-0.25, -0.2) is 8.42 Å². The third-order valence-corrected chi connectivity index (χ3v) is 7.94. The number of nitroso groups, excluding NO2 is 1. The lowest BCUT2D eigenvalue weighted by Gasteiger charge is -2.28. The van der Waals surface area contributed by atoms with Crippen LogP contribution in [0.2, 0.25) is 0 Å². The molecule has 4 rings (SSSR count). The second-order valence-corrected chi connectivity index (χ2v) is 10.1. The Balaban J connectivity index is 1.56. The van der Waals surface area contributed by atoms with Crippen molar-refractivity contribution in [1.82, 2.24) is 9.62 Å². The fraction of sp³-hybridized carbons (Fsp3) is 0.429. The van der Waals surface area contributed by atoms with Gasteiger partial charge in [-0.15, -0.1) is 4.91 Å². The summed E-state index contributed by atoms with van der Waals surface area (Å²) in [6.45, 7) is 2.18. The van der Waals surface area contributed by atoms with Crippen LogP contribution in [0, 0.1) is 16.7 Å². The minimum absolute atomic E-state index is 0.0148. The maximum absolute atomic E-state index is 13.4. The minimum Gasteiger partial charge on any atom is -0.316 e. The average molecular weight is 411 g/mol. The molecule has 1 N–H and O–H groups in total. The summed E-state index contributed by atoms with van der Waals surface area (Å²) >= 11 is 0. The van der Waals surface area contributed by atoms with Crippen LogP contribution < -0.4 is 10.8 Å². The second-order valence-electron chi connectivity index (χ2n) is 8.24. The van der Waals surface area contributed by atoms with Crippen LogP contribution >= 0.6 is 0 Å². The maximum atomic E-state index is 13.4. The van der Waals surface area contributed by atoms with Gasteiger partial charge in [0.2, 0.25) is 10.0 Å². The third-order valence-electron chi connectivity index (χ3n) is 5.98. The number of hydrogen-bond donors (Lipinski definition) is 1. The molecule has 29 heavy (non-hydrogen) atoms. The topological polar surface area (TPSA) is 78.8 Å². The van der Waals surface area contributed by atoms with E-state index in [9.17, 15) is 13.3 Å². The Morgan fingerprint density at radius 1 is 1.07 bits per heavy atom. The summed E-state index contributed by atoms with van der Waals surface area (Å²) in [6.07, 6.45) is 2.68. The number of sulfonamides is 1. The molecule has 1 aliphatic carbocycles. The zero-order valence-electron chi connectivity index (χ0n) is 16.6. The van der Waals surface area contributed by atoms with E-state index in [1.165, 1.54) is 23.2 Å². The Kier molecular flexibility index (Phi) is 5.85. The quantitative estimate of drug-likeness (QED) is 0.529. The van der Waals surface area contributed by atoms with Crippen molar-refractivity contribution in [2.75, 3.05) is 19.6 Å². The van der Waals surface area contributed by atoms with Crippen LogP contribution in [-0.2, 0) is 16.4 Å². The van der Waals surface area contributed by atoms with E-state index in [2.05, 4.69) is 42.6 Å². The lowest BCUT2D eigenvalue weighted by Crippen LogP contribution is -2.39. The zero-order chi connectivity index (χ0) is 20.4. The highest BCUT2D eigenvalue weighted by Gasteiger charge is 2.42. The van der Waals surface area contributed by atoms with E-state index < -0.39 is 10.0 Å². The third kappa shape index (κ3) is 4.44. The van der Waals surface area contributed by atoms with Crippen molar-refractivity contribution in [2.24, 2.45) is 17.0 Å². The standard InChI is InChI=1S/C21H26BN3O3S/c22-18-5-3-4-15(11-18)10-16-12-23-13-17(16)14-25(19-8-9-19)29(27,28)21-7-2-1-6-20(21)24-26/h1-7,11,16-17,19,23H,8-10,12-14,22H2/t16-,17+/m1/s1. The summed E-state index contributed by atoms with van der Waals surface area (Å²) in [5.74, 6) is 0.620. The molecule has 2 aromatic rings. The van der Waals surface area contributed by atoms with Gasteiger partial charge in [-0.3, -0.25) is 0 Å². The van der Waals surface area contributed by atoms with Crippen LogP contribution in [0.4, 0.5) is 5.69 Å². The van der Waals surface area contributed by atoms with Crippen LogP contribution in [0.1, 0.15) is 18.4 Å². The van der Waals surface area contributed by atoms with Gasteiger partial charge in [0.1, 0.15) is 18.4 Å². The molecule has 2 aromatic carbocycles. The second kappa shape index (κ2) is 8.38. The van der Waals surface area contributed by atoms with Gasteiger partial charge in [-0.2, -0.15) is 4.31 Å². The molecule has 0 bridgehead atoms. The Labute approximate surface area is 173 Å². The number of nitrogens with zero attached hydrogens (tertiary/aromatic N) is 2. The molecule has 1 saturated heterocycles. The van der Waals surface area contributed by atoms with Gasteiger partial charge in [0.25, 0.3) is 0 Å². The van der Waals surface area contributed by atoms with Crippen molar-refractivity contribution < 1.29 is 8.42 Å². The number of benzene rings is 2. The molecule has 2 fully saturated rings. The van der Waals surface area contributed by atoms with Crippen molar-refractivity contribution in [1.29, 1.82) is 0 Å². The van der Waals surface area contributed by atoms with Gasteiger partial charge in [0.15, 0.2) is 0 Å². The Bertz CT molecular complexity index is 994. The van der Waals surface area contributed by atoms with Crippen molar-refractivity contribution in [3.05, 3.63) is 59.0 Å². The smallest absolute Gasteiger partial charge is 0.245 e. The van der Waals surface area contributed by atoms with E-state index in [0.717, 1.165) is 32.4 Å². The van der Waals surface area contributed by atoms with E-state index in [1.54, 1.807) is 16.4 Å². The van der Waals surface area contributed by atoms with Crippen LogP contribution in [0.15, 0.2) is 58.6 Å². The molecule has 2 aliphatic rings. The van der Waals surface area contributed by atoms with Crippen molar-refractivity contribution in [3.8, 4) is 0 Å². The zero-order valence-corrected chi connectivity index (χ0v) is 17.4. The first kappa shape index (κ1) is 20.3. The van der Waals surface area contributed by atoms with Gasteiger partial charge >= 0.3 is 0 Å².